The molecule has 1 unspecified atom stereocenters. The van der Waals surface area contributed by atoms with Gasteiger partial charge in [-0.2, -0.15) is 0 Å². The molecule has 3 nitrogen and oxygen atoms in total. The van der Waals surface area contributed by atoms with Crippen LogP contribution in [0.25, 0.3) is 0 Å². The summed E-state index contributed by atoms with van der Waals surface area (Å²) < 4.78 is 6.04. The van der Waals surface area contributed by atoms with E-state index in [1.54, 1.807) is 0 Å². The highest BCUT2D eigenvalue weighted by molar-refractivity contribution is 5.46. The molecule has 3 rings (SSSR count). The molecule has 1 N–H and O–H groups in total. The van der Waals surface area contributed by atoms with Gasteiger partial charge in [-0.1, -0.05) is 17.7 Å². The van der Waals surface area contributed by atoms with Gasteiger partial charge in [0.1, 0.15) is 11.5 Å². The lowest BCUT2D eigenvalue weighted by Gasteiger charge is -2.14. The first-order chi connectivity index (χ1) is 9.28. The van der Waals surface area contributed by atoms with Crippen LogP contribution in [0.4, 0.5) is 0 Å². The van der Waals surface area contributed by atoms with Crippen LogP contribution in [0.1, 0.15) is 22.7 Å². The zero-order valence-corrected chi connectivity index (χ0v) is 11.3. The number of aryl methyl sites for hydroxylation is 1. The van der Waals surface area contributed by atoms with Gasteiger partial charge in [0.25, 0.3) is 0 Å². The molecule has 1 aromatic carbocycles. The second kappa shape index (κ2) is 5.02. The van der Waals surface area contributed by atoms with Crippen LogP contribution in [0.3, 0.4) is 0 Å². The first-order valence-corrected chi connectivity index (χ1v) is 6.65. The Hall–Kier alpha value is -1.87. The number of aromatic nitrogens is 1. The predicted molar refractivity (Wildman–Crippen MR) is 75.9 cm³/mol. The van der Waals surface area contributed by atoms with Crippen molar-refractivity contribution in [2.24, 2.45) is 0 Å². The molecule has 0 fully saturated rings. The SMILES string of the molecule is CNCC1Cc2cc(C)ccc2Oc2cccnc21. The summed E-state index contributed by atoms with van der Waals surface area (Å²) in [6.07, 6.45) is 2.80. The maximum Gasteiger partial charge on any atom is 0.149 e. The highest BCUT2D eigenvalue weighted by atomic mass is 16.5. The van der Waals surface area contributed by atoms with Gasteiger partial charge in [0.2, 0.25) is 0 Å². The van der Waals surface area contributed by atoms with Crippen molar-refractivity contribution in [2.45, 2.75) is 19.3 Å². The lowest BCUT2D eigenvalue weighted by molar-refractivity contribution is 0.473. The molecule has 2 heterocycles. The third kappa shape index (κ3) is 2.34. The summed E-state index contributed by atoms with van der Waals surface area (Å²) in [5, 5.41) is 3.26. The Bertz CT molecular complexity index is 595. The van der Waals surface area contributed by atoms with Crippen molar-refractivity contribution in [2.75, 3.05) is 13.6 Å². The number of benzene rings is 1. The average molecular weight is 254 g/mol. The zero-order valence-electron chi connectivity index (χ0n) is 11.3. The van der Waals surface area contributed by atoms with E-state index in [1.165, 1.54) is 11.1 Å². The number of hydrogen-bond donors (Lipinski definition) is 1. The molecule has 19 heavy (non-hydrogen) atoms. The molecule has 1 atom stereocenters. The monoisotopic (exact) mass is 254 g/mol. The standard InChI is InChI=1S/C16H18N2O/c1-11-5-6-14-12(8-11)9-13(10-17-2)16-15(19-14)4-3-7-18-16/h3-8,13,17H,9-10H2,1-2H3. The summed E-state index contributed by atoms with van der Waals surface area (Å²) in [5.74, 6) is 2.19. The van der Waals surface area contributed by atoms with Gasteiger partial charge >= 0.3 is 0 Å². The van der Waals surface area contributed by atoms with Crippen LogP contribution in [-0.4, -0.2) is 18.6 Å². The fourth-order valence-electron chi connectivity index (χ4n) is 2.66. The number of pyridine rings is 1. The van der Waals surface area contributed by atoms with E-state index in [0.29, 0.717) is 5.92 Å². The zero-order chi connectivity index (χ0) is 13.2. The predicted octanol–water partition coefficient (Wildman–Crippen LogP) is 3.04. The Morgan fingerprint density at radius 3 is 3.05 bits per heavy atom. The van der Waals surface area contributed by atoms with Crippen molar-refractivity contribution in [3.05, 3.63) is 53.3 Å². The minimum absolute atomic E-state index is 0.351. The van der Waals surface area contributed by atoms with Crippen molar-refractivity contribution < 1.29 is 4.74 Å². The Morgan fingerprint density at radius 2 is 2.21 bits per heavy atom. The number of hydrogen-bond acceptors (Lipinski definition) is 3. The Kier molecular flexibility index (Phi) is 3.22. The number of ether oxygens (including phenoxy) is 1. The van der Waals surface area contributed by atoms with E-state index in [2.05, 4.69) is 35.4 Å². The quantitative estimate of drug-likeness (QED) is 0.894. The number of fused-ring (bicyclic) bond motifs is 2. The average Bonchev–Trinajstić information content (AvgIpc) is 2.56. The Balaban J connectivity index is 2.09. The maximum atomic E-state index is 6.04. The molecule has 0 radical (unpaired) electrons. The van der Waals surface area contributed by atoms with Crippen molar-refractivity contribution in [1.29, 1.82) is 0 Å². The van der Waals surface area contributed by atoms with Crippen molar-refractivity contribution in [1.82, 2.24) is 10.3 Å². The van der Waals surface area contributed by atoms with Gasteiger partial charge in [-0.05, 0) is 44.2 Å². The van der Waals surface area contributed by atoms with Crippen molar-refractivity contribution >= 4 is 0 Å². The molecule has 0 amide bonds. The minimum Gasteiger partial charge on any atom is -0.455 e. The van der Waals surface area contributed by atoms with Crippen LogP contribution in [0.15, 0.2) is 36.5 Å². The maximum absolute atomic E-state index is 6.04. The van der Waals surface area contributed by atoms with E-state index in [9.17, 15) is 0 Å². The summed E-state index contributed by atoms with van der Waals surface area (Å²) in [6.45, 7) is 3.02. The fourth-order valence-corrected chi connectivity index (χ4v) is 2.66. The van der Waals surface area contributed by atoms with Gasteiger partial charge in [0, 0.05) is 18.7 Å². The van der Waals surface area contributed by atoms with Crippen LogP contribution in [0.5, 0.6) is 11.5 Å². The lowest BCUT2D eigenvalue weighted by atomic mass is 9.95. The van der Waals surface area contributed by atoms with Gasteiger partial charge in [0.15, 0.2) is 0 Å². The van der Waals surface area contributed by atoms with Gasteiger partial charge in [-0.25, -0.2) is 0 Å². The molecule has 1 aromatic heterocycles. The molecule has 0 spiro atoms. The van der Waals surface area contributed by atoms with Gasteiger partial charge in [-0.3, -0.25) is 4.98 Å². The van der Waals surface area contributed by atoms with Gasteiger partial charge < -0.3 is 10.1 Å². The van der Waals surface area contributed by atoms with E-state index in [-0.39, 0.29) is 0 Å². The van der Waals surface area contributed by atoms with E-state index >= 15 is 0 Å². The molecule has 98 valence electrons. The van der Waals surface area contributed by atoms with Crippen LogP contribution < -0.4 is 10.1 Å². The molecule has 0 aliphatic carbocycles. The van der Waals surface area contributed by atoms with E-state index in [1.807, 2.05) is 25.4 Å². The molecule has 0 saturated carbocycles. The van der Waals surface area contributed by atoms with Crippen molar-refractivity contribution in [3.63, 3.8) is 0 Å². The second-order valence-corrected chi connectivity index (χ2v) is 5.06. The minimum atomic E-state index is 0.351. The molecule has 0 saturated heterocycles. The van der Waals surface area contributed by atoms with Gasteiger partial charge in [-0.15, -0.1) is 0 Å². The molecule has 0 bridgehead atoms. The Labute approximate surface area is 113 Å². The molecular formula is C16H18N2O. The Morgan fingerprint density at radius 1 is 1.32 bits per heavy atom. The fraction of sp³-hybridized carbons (Fsp3) is 0.312. The normalized spacial score (nSPS) is 17.1. The van der Waals surface area contributed by atoms with Crippen LogP contribution in [0.2, 0.25) is 0 Å². The van der Waals surface area contributed by atoms with Gasteiger partial charge in [0.05, 0.1) is 5.69 Å². The number of nitrogens with one attached hydrogen (secondary N) is 1. The van der Waals surface area contributed by atoms with Crippen molar-refractivity contribution in [3.8, 4) is 11.5 Å². The number of likely N-dealkylation sites (N-methyl/N-ethyl adjacent to an activating group) is 1. The smallest absolute Gasteiger partial charge is 0.149 e. The first-order valence-electron chi connectivity index (χ1n) is 6.65. The topological polar surface area (TPSA) is 34.1 Å². The number of nitrogens with zero attached hydrogens (tertiary/aromatic N) is 1. The third-order valence-corrected chi connectivity index (χ3v) is 3.54. The van der Waals surface area contributed by atoms with E-state index in [4.69, 9.17) is 4.74 Å². The third-order valence-electron chi connectivity index (χ3n) is 3.54. The highest BCUT2D eigenvalue weighted by Crippen LogP contribution is 2.38. The molecular weight excluding hydrogens is 236 g/mol. The second-order valence-electron chi connectivity index (χ2n) is 5.06. The van der Waals surface area contributed by atoms with E-state index < -0.39 is 0 Å². The highest BCUT2D eigenvalue weighted by Gasteiger charge is 2.24. The van der Waals surface area contributed by atoms with Crippen LogP contribution in [-0.2, 0) is 6.42 Å². The lowest BCUT2D eigenvalue weighted by Crippen LogP contribution is -2.19. The summed E-state index contributed by atoms with van der Waals surface area (Å²) in [7, 11) is 1.98. The number of rotatable bonds is 2. The summed E-state index contributed by atoms with van der Waals surface area (Å²) in [4.78, 5) is 4.52. The van der Waals surface area contributed by atoms with Crippen LogP contribution >= 0.6 is 0 Å². The molecule has 1 aliphatic rings. The molecule has 3 heteroatoms. The largest absolute Gasteiger partial charge is 0.455 e. The molecule has 2 aromatic rings. The first kappa shape index (κ1) is 12.2. The summed E-state index contributed by atoms with van der Waals surface area (Å²) >= 11 is 0. The van der Waals surface area contributed by atoms with E-state index in [0.717, 1.165) is 30.2 Å². The summed E-state index contributed by atoms with van der Waals surface area (Å²) in [5.41, 5.74) is 3.58. The molecule has 1 aliphatic heterocycles. The summed E-state index contributed by atoms with van der Waals surface area (Å²) in [6, 6.07) is 10.3. The van der Waals surface area contributed by atoms with Crippen LogP contribution in [0, 0.1) is 6.92 Å².